The molecule has 1 atom stereocenters. The minimum Gasteiger partial charge on any atom is -0.449 e. The van der Waals surface area contributed by atoms with E-state index >= 15 is 0 Å². The number of alkyl carbamates (subject to hydrolysis) is 1. The summed E-state index contributed by atoms with van der Waals surface area (Å²) in [5.41, 5.74) is 0.251. The second-order valence-electron chi connectivity index (χ2n) is 9.84. The highest BCUT2D eigenvalue weighted by Crippen LogP contribution is 2.41. The topological polar surface area (TPSA) is 108 Å². The molecule has 1 heterocycles. The normalized spacial score (nSPS) is 18.6. The van der Waals surface area contributed by atoms with Gasteiger partial charge in [-0.2, -0.15) is 13.2 Å². The van der Waals surface area contributed by atoms with Gasteiger partial charge in [-0.05, 0) is 81.2 Å². The first kappa shape index (κ1) is 28.9. The highest BCUT2D eigenvalue weighted by molar-refractivity contribution is 7.97. The summed E-state index contributed by atoms with van der Waals surface area (Å²) in [5, 5.41) is 14.8. The maximum absolute atomic E-state index is 14.5. The number of benzene rings is 1. The van der Waals surface area contributed by atoms with Gasteiger partial charge in [0.25, 0.3) is 0 Å². The SMILES string of the molecule is CC(CC(F)(F)F)NC(=O)OCC1CC(c2cnc(Nc3ccc(SNCC(C)(C)O)cc3F)nc2)C1. The van der Waals surface area contributed by atoms with Crippen LogP contribution in [0.2, 0.25) is 0 Å². The Balaban J connectivity index is 1.40. The zero-order valence-corrected chi connectivity index (χ0v) is 21.5. The number of hydrogen-bond acceptors (Lipinski definition) is 8. The molecule has 0 spiro atoms. The fraction of sp³-hybridized carbons (Fsp3) is 0.542. The summed E-state index contributed by atoms with van der Waals surface area (Å²) in [6.45, 7) is 5.09. The third kappa shape index (κ3) is 9.97. The van der Waals surface area contributed by atoms with Crippen molar-refractivity contribution in [2.24, 2.45) is 5.92 Å². The standard InChI is InChI=1S/C24H31F4N5O3S/c1-14(9-24(26,27)28)32-22(34)36-12-15-6-16(7-15)17-10-29-21(30-11-17)33-20-5-4-18(8-19(20)25)37-31-13-23(2,3)35/h4-5,8,10-11,14-16,31,35H,6-7,9,12-13H2,1-3H3,(H,32,34)(H,29,30,33). The lowest BCUT2D eigenvalue weighted by molar-refractivity contribution is -0.138. The molecule has 1 amide bonds. The van der Waals surface area contributed by atoms with Crippen LogP contribution in [-0.2, 0) is 4.74 Å². The monoisotopic (exact) mass is 545 g/mol. The Kier molecular flexibility index (Phi) is 9.59. The van der Waals surface area contributed by atoms with Crippen molar-refractivity contribution in [1.29, 1.82) is 0 Å². The van der Waals surface area contributed by atoms with E-state index in [1.807, 2.05) is 0 Å². The molecule has 0 aliphatic heterocycles. The quantitative estimate of drug-likeness (QED) is 0.223. The summed E-state index contributed by atoms with van der Waals surface area (Å²) in [5.74, 6) is 0.0580. The number of anilines is 2. The Morgan fingerprint density at radius 2 is 1.92 bits per heavy atom. The first-order valence-corrected chi connectivity index (χ1v) is 12.6. The van der Waals surface area contributed by atoms with Crippen LogP contribution in [0.25, 0.3) is 0 Å². The molecule has 8 nitrogen and oxygen atoms in total. The second kappa shape index (κ2) is 12.3. The van der Waals surface area contributed by atoms with E-state index in [9.17, 15) is 27.5 Å². The maximum atomic E-state index is 14.5. The number of nitrogens with one attached hydrogen (secondary N) is 3. The number of aromatic nitrogens is 2. The molecule has 1 aromatic heterocycles. The Hall–Kier alpha value is -2.64. The number of nitrogens with zero attached hydrogens (tertiary/aromatic N) is 2. The van der Waals surface area contributed by atoms with E-state index in [0.29, 0.717) is 11.4 Å². The van der Waals surface area contributed by atoms with Crippen molar-refractivity contribution in [2.45, 2.75) is 68.7 Å². The van der Waals surface area contributed by atoms with Gasteiger partial charge < -0.3 is 20.5 Å². The smallest absolute Gasteiger partial charge is 0.407 e. The van der Waals surface area contributed by atoms with Crippen molar-refractivity contribution in [1.82, 2.24) is 20.0 Å². The molecule has 1 aromatic carbocycles. The number of aliphatic hydroxyl groups is 1. The highest BCUT2D eigenvalue weighted by Gasteiger charge is 2.33. The molecule has 204 valence electrons. The molecule has 2 aromatic rings. The minimum atomic E-state index is -4.35. The number of carbonyl (C=O) groups excluding carboxylic acids is 1. The molecule has 0 bridgehead atoms. The molecule has 0 radical (unpaired) electrons. The highest BCUT2D eigenvalue weighted by atomic mass is 32.2. The maximum Gasteiger partial charge on any atom is 0.407 e. The first-order valence-electron chi connectivity index (χ1n) is 11.8. The Bertz CT molecular complexity index is 1040. The third-order valence-electron chi connectivity index (χ3n) is 5.61. The van der Waals surface area contributed by atoms with Gasteiger partial charge in [0.2, 0.25) is 5.95 Å². The number of amides is 1. The molecule has 0 saturated heterocycles. The van der Waals surface area contributed by atoms with Crippen molar-refractivity contribution >= 4 is 29.7 Å². The first-order chi connectivity index (χ1) is 17.3. The van der Waals surface area contributed by atoms with E-state index < -0.39 is 36.2 Å². The number of ether oxygens (including phenoxy) is 1. The molecular weight excluding hydrogens is 514 g/mol. The van der Waals surface area contributed by atoms with E-state index in [1.54, 1.807) is 38.4 Å². The Morgan fingerprint density at radius 1 is 1.24 bits per heavy atom. The molecule has 37 heavy (non-hydrogen) atoms. The third-order valence-corrected chi connectivity index (χ3v) is 6.39. The van der Waals surface area contributed by atoms with Crippen LogP contribution in [0.15, 0.2) is 35.5 Å². The van der Waals surface area contributed by atoms with Gasteiger partial charge in [0, 0.05) is 29.9 Å². The molecule has 1 fully saturated rings. The van der Waals surface area contributed by atoms with Crippen LogP contribution in [-0.4, -0.2) is 52.1 Å². The second-order valence-corrected chi connectivity index (χ2v) is 10.8. The number of halogens is 4. The van der Waals surface area contributed by atoms with Crippen LogP contribution >= 0.6 is 11.9 Å². The molecule has 1 aliphatic rings. The molecule has 1 unspecified atom stereocenters. The van der Waals surface area contributed by atoms with E-state index in [4.69, 9.17) is 4.74 Å². The lowest BCUT2D eigenvalue weighted by Gasteiger charge is -2.34. The summed E-state index contributed by atoms with van der Waals surface area (Å²) in [6.07, 6.45) is -1.54. The van der Waals surface area contributed by atoms with Gasteiger partial charge in [0.15, 0.2) is 0 Å². The number of carbonyl (C=O) groups is 1. The summed E-state index contributed by atoms with van der Waals surface area (Å²) in [4.78, 5) is 20.8. The van der Waals surface area contributed by atoms with Crippen molar-refractivity contribution in [3.8, 4) is 0 Å². The average Bonchev–Trinajstić information content (AvgIpc) is 2.73. The summed E-state index contributed by atoms with van der Waals surface area (Å²) in [7, 11) is 0. The number of rotatable bonds is 11. The molecule has 4 N–H and O–H groups in total. The number of hydrogen-bond donors (Lipinski definition) is 4. The van der Waals surface area contributed by atoms with Crippen LogP contribution in [0.3, 0.4) is 0 Å². The zero-order valence-electron chi connectivity index (χ0n) is 20.7. The van der Waals surface area contributed by atoms with Gasteiger partial charge >= 0.3 is 12.3 Å². The van der Waals surface area contributed by atoms with Gasteiger partial charge in [0.05, 0.1) is 24.3 Å². The van der Waals surface area contributed by atoms with Gasteiger partial charge in [-0.15, -0.1) is 0 Å². The van der Waals surface area contributed by atoms with Gasteiger partial charge in [-0.3, -0.25) is 4.72 Å². The summed E-state index contributed by atoms with van der Waals surface area (Å²) >= 11 is 1.22. The van der Waals surface area contributed by atoms with E-state index in [1.165, 1.54) is 24.9 Å². The van der Waals surface area contributed by atoms with Gasteiger partial charge in [0.1, 0.15) is 5.82 Å². The van der Waals surface area contributed by atoms with Crippen molar-refractivity contribution < 1.29 is 32.2 Å². The van der Waals surface area contributed by atoms with E-state index in [0.717, 1.165) is 18.4 Å². The largest absolute Gasteiger partial charge is 0.449 e. The van der Waals surface area contributed by atoms with Crippen LogP contribution in [0, 0.1) is 11.7 Å². The predicted molar refractivity (Wildman–Crippen MR) is 132 cm³/mol. The predicted octanol–water partition coefficient (Wildman–Crippen LogP) is 5.29. The molecular formula is C24H31F4N5O3S. The minimum absolute atomic E-state index is 0.106. The van der Waals surface area contributed by atoms with Gasteiger partial charge in [-0.1, -0.05) is 0 Å². The fourth-order valence-electron chi connectivity index (χ4n) is 3.67. The lowest BCUT2D eigenvalue weighted by atomic mass is 9.72. The molecule has 1 saturated carbocycles. The van der Waals surface area contributed by atoms with Crippen LogP contribution in [0.1, 0.15) is 51.5 Å². The summed E-state index contributed by atoms with van der Waals surface area (Å²) < 4.78 is 59.5. The van der Waals surface area contributed by atoms with Crippen LogP contribution < -0.4 is 15.4 Å². The molecule has 1 aliphatic carbocycles. The Morgan fingerprint density at radius 3 is 2.51 bits per heavy atom. The summed E-state index contributed by atoms with van der Waals surface area (Å²) in [6, 6.07) is 3.62. The Labute approximate surface area is 217 Å². The van der Waals surface area contributed by atoms with Crippen molar-refractivity contribution in [3.63, 3.8) is 0 Å². The molecule has 13 heteroatoms. The van der Waals surface area contributed by atoms with Crippen LogP contribution in [0.5, 0.6) is 0 Å². The fourth-order valence-corrected chi connectivity index (χ4v) is 4.56. The van der Waals surface area contributed by atoms with Crippen molar-refractivity contribution in [2.75, 3.05) is 18.5 Å². The lowest BCUT2D eigenvalue weighted by Crippen LogP contribution is -2.38. The number of alkyl halides is 3. The van der Waals surface area contributed by atoms with Crippen LogP contribution in [0.4, 0.5) is 34.0 Å². The van der Waals surface area contributed by atoms with E-state index in [-0.39, 0.29) is 30.1 Å². The average molecular weight is 546 g/mol. The molecule has 3 rings (SSSR count). The van der Waals surface area contributed by atoms with Gasteiger partial charge in [-0.25, -0.2) is 19.2 Å². The van der Waals surface area contributed by atoms with E-state index in [2.05, 4.69) is 25.3 Å². The zero-order chi connectivity index (χ0) is 27.2. The van der Waals surface area contributed by atoms with Crippen molar-refractivity contribution in [3.05, 3.63) is 42.0 Å².